The summed E-state index contributed by atoms with van der Waals surface area (Å²) in [4.78, 5) is 14.5. The summed E-state index contributed by atoms with van der Waals surface area (Å²) in [5.41, 5.74) is 6.22. The van der Waals surface area contributed by atoms with Crippen molar-refractivity contribution < 1.29 is 9.53 Å². The predicted octanol–water partition coefficient (Wildman–Crippen LogP) is 2.66. The molecule has 22 heavy (non-hydrogen) atoms. The fourth-order valence-corrected chi connectivity index (χ4v) is 3.10. The van der Waals surface area contributed by atoms with Gasteiger partial charge in [-0.15, -0.1) is 12.4 Å². The monoisotopic (exact) mass is 393 g/mol. The summed E-state index contributed by atoms with van der Waals surface area (Å²) in [7, 11) is 0. The Morgan fingerprint density at radius 3 is 2.73 bits per heavy atom. The first-order valence-corrected chi connectivity index (χ1v) is 8.41. The molecule has 0 atom stereocenters. The van der Waals surface area contributed by atoms with Crippen molar-refractivity contribution in [3.8, 4) is 0 Å². The number of hydrogen-bond acceptors (Lipinski definition) is 3. The third-order valence-electron chi connectivity index (χ3n) is 3.85. The molecule has 0 saturated carbocycles. The Balaban J connectivity index is 0.00000242. The van der Waals surface area contributed by atoms with Gasteiger partial charge in [-0.05, 0) is 54.7 Å². The standard InChI is InChI=1S/C15H24BrN3O2.ClH/c1-2-18-11-12(16)10-14(18)15(20)19-7-4-13(5-8-19)21-9-3-6-17;/h10-11,13H,2-9,17H2,1H3;1H. The lowest BCUT2D eigenvalue weighted by atomic mass is 10.1. The highest BCUT2D eigenvalue weighted by Gasteiger charge is 2.25. The zero-order valence-corrected chi connectivity index (χ0v) is 15.4. The number of amides is 1. The smallest absolute Gasteiger partial charge is 0.270 e. The molecule has 1 amide bonds. The van der Waals surface area contributed by atoms with Crippen LogP contribution in [0.15, 0.2) is 16.7 Å². The van der Waals surface area contributed by atoms with Gasteiger partial charge in [0, 0.05) is 36.9 Å². The SMILES string of the molecule is CCn1cc(Br)cc1C(=O)N1CCC(OCCCN)CC1.Cl. The summed E-state index contributed by atoms with van der Waals surface area (Å²) in [6.07, 6.45) is 4.94. The highest BCUT2D eigenvalue weighted by atomic mass is 79.9. The number of aromatic nitrogens is 1. The Kier molecular flexibility index (Phi) is 8.46. The zero-order chi connectivity index (χ0) is 15.2. The molecular formula is C15H25BrClN3O2. The molecule has 1 saturated heterocycles. The summed E-state index contributed by atoms with van der Waals surface area (Å²) < 4.78 is 8.71. The van der Waals surface area contributed by atoms with Crippen molar-refractivity contribution in [2.45, 2.75) is 38.8 Å². The average Bonchev–Trinajstić information content (AvgIpc) is 2.88. The summed E-state index contributed by atoms with van der Waals surface area (Å²) >= 11 is 3.44. The first-order chi connectivity index (χ1) is 10.2. The molecule has 5 nitrogen and oxygen atoms in total. The van der Waals surface area contributed by atoms with Gasteiger partial charge in [0.05, 0.1) is 6.10 Å². The first kappa shape index (κ1) is 19.5. The Labute approximate surface area is 146 Å². The van der Waals surface area contributed by atoms with Gasteiger partial charge in [-0.1, -0.05) is 0 Å². The maximum absolute atomic E-state index is 12.6. The zero-order valence-electron chi connectivity index (χ0n) is 13.0. The summed E-state index contributed by atoms with van der Waals surface area (Å²) in [6, 6.07) is 1.90. The largest absolute Gasteiger partial charge is 0.378 e. The number of carbonyl (C=O) groups excluding carboxylic acids is 1. The quantitative estimate of drug-likeness (QED) is 0.755. The number of nitrogens with two attached hydrogens (primary N) is 1. The van der Waals surface area contributed by atoms with Crippen LogP contribution >= 0.6 is 28.3 Å². The van der Waals surface area contributed by atoms with Crippen molar-refractivity contribution in [2.24, 2.45) is 5.73 Å². The Bertz CT molecular complexity index is 473. The molecule has 1 aliphatic heterocycles. The van der Waals surface area contributed by atoms with Crippen molar-refractivity contribution in [2.75, 3.05) is 26.2 Å². The normalized spacial score (nSPS) is 15.7. The molecule has 1 aliphatic rings. The molecule has 0 spiro atoms. The molecule has 0 unspecified atom stereocenters. The summed E-state index contributed by atoms with van der Waals surface area (Å²) in [5, 5.41) is 0. The van der Waals surface area contributed by atoms with Gasteiger partial charge in [-0.2, -0.15) is 0 Å². The van der Waals surface area contributed by atoms with Gasteiger partial charge < -0.3 is 19.9 Å². The molecule has 1 fully saturated rings. The molecular weight excluding hydrogens is 370 g/mol. The average molecular weight is 395 g/mol. The number of carbonyl (C=O) groups is 1. The highest BCUT2D eigenvalue weighted by molar-refractivity contribution is 9.10. The second kappa shape index (κ2) is 9.55. The van der Waals surface area contributed by atoms with E-state index in [1.807, 2.05) is 28.7 Å². The molecule has 126 valence electrons. The van der Waals surface area contributed by atoms with E-state index in [1.54, 1.807) is 0 Å². The van der Waals surface area contributed by atoms with Gasteiger partial charge >= 0.3 is 0 Å². The molecule has 0 bridgehead atoms. The van der Waals surface area contributed by atoms with E-state index in [0.717, 1.165) is 55.7 Å². The second-order valence-corrected chi connectivity index (χ2v) is 6.25. The molecule has 2 N–H and O–H groups in total. The van der Waals surface area contributed by atoms with Crippen LogP contribution in [-0.2, 0) is 11.3 Å². The van der Waals surface area contributed by atoms with Crippen molar-refractivity contribution >= 4 is 34.2 Å². The first-order valence-electron chi connectivity index (χ1n) is 7.62. The molecule has 0 aliphatic carbocycles. The van der Waals surface area contributed by atoms with Crippen LogP contribution in [0.3, 0.4) is 0 Å². The van der Waals surface area contributed by atoms with E-state index in [0.29, 0.717) is 6.54 Å². The van der Waals surface area contributed by atoms with Crippen LogP contribution in [0.25, 0.3) is 0 Å². The third kappa shape index (κ3) is 4.98. The molecule has 2 heterocycles. The van der Waals surface area contributed by atoms with Crippen LogP contribution in [0.1, 0.15) is 36.7 Å². The lowest BCUT2D eigenvalue weighted by molar-refractivity contribution is 0.00817. The van der Waals surface area contributed by atoms with Gasteiger partial charge in [-0.25, -0.2) is 0 Å². The molecule has 0 aromatic carbocycles. The van der Waals surface area contributed by atoms with E-state index in [4.69, 9.17) is 10.5 Å². The predicted molar refractivity (Wildman–Crippen MR) is 93.6 cm³/mol. The van der Waals surface area contributed by atoms with Crippen LogP contribution in [0.4, 0.5) is 0 Å². The molecule has 7 heteroatoms. The van der Waals surface area contributed by atoms with Crippen molar-refractivity contribution in [3.05, 3.63) is 22.4 Å². The van der Waals surface area contributed by atoms with Gasteiger partial charge in [-0.3, -0.25) is 4.79 Å². The van der Waals surface area contributed by atoms with Crippen LogP contribution < -0.4 is 5.73 Å². The van der Waals surface area contributed by atoms with Crippen LogP contribution in [0.5, 0.6) is 0 Å². The van der Waals surface area contributed by atoms with Gasteiger partial charge in [0.2, 0.25) is 0 Å². The number of piperidine rings is 1. The van der Waals surface area contributed by atoms with Gasteiger partial charge in [0.15, 0.2) is 0 Å². The van der Waals surface area contributed by atoms with Gasteiger partial charge in [0.1, 0.15) is 5.69 Å². The minimum absolute atomic E-state index is 0. The van der Waals surface area contributed by atoms with Crippen molar-refractivity contribution in [1.29, 1.82) is 0 Å². The number of nitrogens with zero attached hydrogens (tertiary/aromatic N) is 2. The maximum Gasteiger partial charge on any atom is 0.270 e. The maximum atomic E-state index is 12.6. The van der Waals surface area contributed by atoms with E-state index in [2.05, 4.69) is 15.9 Å². The Hall–Kier alpha value is -0.560. The van der Waals surface area contributed by atoms with Crippen LogP contribution in [0.2, 0.25) is 0 Å². The molecule has 2 rings (SSSR count). The highest BCUT2D eigenvalue weighted by Crippen LogP contribution is 2.20. The van der Waals surface area contributed by atoms with E-state index >= 15 is 0 Å². The van der Waals surface area contributed by atoms with E-state index in [9.17, 15) is 4.79 Å². The van der Waals surface area contributed by atoms with Gasteiger partial charge in [0.25, 0.3) is 5.91 Å². The summed E-state index contributed by atoms with van der Waals surface area (Å²) in [5.74, 6) is 0.114. The number of halogens is 2. The van der Waals surface area contributed by atoms with Crippen molar-refractivity contribution in [1.82, 2.24) is 9.47 Å². The molecule has 0 radical (unpaired) electrons. The number of aryl methyl sites for hydroxylation is 1. The Morgan fingerprint density at radius 2 is 2.14 bits per heavy atom. The fraction of sp³-hybridized carbons (Fsp3) is 0.667. The van der Waals surface area contributed by atoms with Crippen LogP contribution in [-0.4, -0.2) is 47.7 Å². The number of rotatable bonds is 6. The number of ether oxygens (including phenoxy) is 1. The minimum atomic E-state index is 0. The van der Waals surface area contributed by atoms with E-state index in [-0.39, 0.29) is 24.4 Å². The molecule has 1 aromatic heterocycles. The Morgan fingerprint density at radius 1 is 1.45 bits per heavy atom. The topological polar surface area (TPSA) is 60.5 Å². The number of likely N-dealkylation sites (tertiary alicyclic amines) is 1. The van der Waals surface area contributed by atoms with Crippen LogP contribution in [0, 0.1) is 0 Å². The summed E-state index contributed by atoms with van der Waals surface area (Å²) in [6.45, 7) is 5.75. The molecule has 1 aromatic rings. The van der Waals surface area contributed by atoms with Crippen molar-refractivity contribution in [3.63, 3.8) is 0 Å². The number of hydrogen-bond donors (Lipinski definition) is 1. The second-order valence-electron chi connectivity index (χ2n) is 5.33. The van der Waals surface area contributed by atoms with E-state index < -0.39 is 0 Å². The lowest BCUT2D eigenvalue weighted by Gasteiger charge is -2.32. The third-order valence-corrected chi connectivity index (χ3v) is 4.29. The lowest BCUT2D eigenvalue weighted by Crippen LogP contribution is -2.41. The minimum Gasteiger partial charge on any atom is -0.378 e. The van der Waals surface area contributed by atoms with E-state index in [1.165, 1.54) is 0 Å². The fourth-order valence-electron chi connectivity index (χ4n) is 2.64.